The number of carbonyl (C=O) groups is 2. The number of halogens is 2. The second kappa shape index (κ2) is 7.74. The van der Waals surface area contributed by atoms with Gasteiger partial charge in [-0.2, -0.15) is 0 Å². The summed E-state index contributed by atoms with van der Waals surface area (Å²) in [7, 11) is 0. The van der Waals surface area contributed by atoms with Crippen molar-refractivity contribution < 1.29 is 14.0 Å². The van der Waals surface area contributed by atoms with Crippen LogP contribution in [0.1, 0.15) is 22.3 Å². The number of nitrogens with one attached hydrogen (secondary N) is 2. The molecular formula is C17H16ClFN2O2. The minimum atomic E-state index is -0.354. The van der Waals surface area contributed by atoms with E-state index in [1.807, 2.05) is 0 Å². The molecule has 0 unspecified atom stereocenters. The predicted octanol–water partition coefficient (Wildman–Crippen LogP) is 3.55. The van der Waals surface area contributed by atoms with Crippen molar-refractivity contribution in [1.82, 2.24) is 5.32 Å². The summed E-state index contributed by atoms with van der Waals surface area (Å²) in [6.07, 6.45) is 0.104. The Kier molecular flexibility index (Phi) is 5.71. The van der Waals surface area contributed by atoms with E-state index >= 15 is 0 Å². The normalized spacial score (nSPS) is 10.2. The zero-order valence-corrected chi connectivity index (χ0v) is 13.3. The van der Waals surface area contributed by atoms with Gasteiger partial charge in [0.2, 0.25) is 5.91 Å². The Morgan fingerprint density at radius 3 is 2.61 bits per heavy atom. The van der Waals surface area contributed by atoms with Gasteiger partial charge in [0.15, 0.2) is 0 Å². The zero-order valence-electron chi connectivity index (χ0n) is 12.5. The number of rotatable bonds is 5. The number of carbonyl (C=O) groups excluding carboxylic acids is 2. The van der Waals surface area contributed by atoms with Crippen molar-refractivity contribution in [3.05, 3.63) is 64.4 Å². The topological polar surface area (TPSA) is 58.2 Å². The van der Waals surface area contributed by atoms with E-state index in [-0.39, 0.29) is 30.6 Å². The molecule has 0 fully saturated rings. The number of aryl methyl sites for hydroxylation is 1. The summed E-state index contributed by atoms with van der Waals surface area (Å²) >= 11 is 5.93. The molecule has 0 aliphatic heterocycles. The summed E-state index contributed by atoms with van der Waals surface area (Å²) < 4.78 is 13.0. The van der Waals surface area contributed by atoms with Gasteiger partial charge in [0, 0.05) is 18.7 Å². The van der Waals surface area contributed by atoms with Crippen molar-refractivity contribution in [2.75, 3.05) is 11.9 Å². The van der Waals surface area contributed by atoms with Crippen molar-refractivity contribution in [2.45, 2.75) is 13.3 Å². The van der Waals surface area contributed by atoms with Crippen molar-refractivity contribution in [3.8, 4) is 0 Å². The minimum absolute atomic E-state index is 0.104. The van der Waals surface area contributed by atoms with E-state index in [0.29, 0.717) is 21.8 Å². The summed E-state index contributed by atoms with van der Waals surface area (Å²) in [6, 6.07) is 10.8. The molecule has 120 valence electrons. The molecule has 0 aliphatic rings. The van der Waals surface area contributed by atoms with Gasteiger partial charge in [0.1, 0.15) is 5.82 Å². The predicted molar refractivity (Wildman–Crippen MR) is 88.2 cm³/mol. The largest absolute Gasteiger partial charge is 0.351 e. The van der Waals surface area contributed by atoms with Crippen molar-refractivity contribution in [3.63, 3.8) is 0 Å². The third kappa shape index (κ3) is 4.79. The number of amides is 2. The molecule has 2 aromatic rings. The smallest absolute Gasteiger partial charge is 0.252 e. The summed E-state index contributed by atoms with van der Waals surface area (Å²) in [5, 5.41) is 5.67. The average molecular weight is 335 g/mol. The molecule has 0 atom stereocenters. The molecule has 0 saturated carbocycles. The summed E-state index contributed by atoms with van der Waals surface area (Å²) in [6.45, 7) is 1.88. The maximum Gasteiger partial charge on any atom is 0.252 e. The second-order valence-corrected chi connectivity index (χ2v) is 5.40. The van der Waals surface area contributed by atoms with Crippen molar-refractivity contribution >= 4 is 29.1 Å². The Labute approximate surface area is 138 Å². The Morgan fingerprint density at radius 2 is 1.91 bits per heavy atom. The first kappa shape index (κ1) is 17.0. The standard InChI is InChI=1S/C17H16ClFN2O2/c1-11-10-12(19)6-7-15(11)21-16(22)8-9-20-17(23)13-4-2-3-5-14(13)18/h2-7,10H,8-9H2,1H3,(H,20,23)(H,21,22). The number of hydrogen-bond acceptors (Lipinski definition) is 2. The van der Waals surface area contributed by atoms with Crippen LogP contribution in [-0.2, 0) is 4.79 Å². The maximum absolute atomic E-state index is 13.0. The molecule has 2 aromatic carbocycles. The van der Waals surface area contributed by atoms with E-state index in [9.17, 15) is 14.0 Å². The Morgan fingerprint density at radius 1 is 1.17 bits per heavy atom. The highest BCUT2D eigenvalue weighted by Crippen LogP contribution is 2.16. The van der Waals surface area contributed by atoms with Gasteiger partial charge in [-0.3, -0.25) is 9.59 Å². The average Bonchev–Trinajstić information content (AvgIpc) is 2.50. The molecule has 0 bridgehead atoms. The highest BCUT2D eigenvalue weighted by Gasteiger charge is 2.10. The zero-order chi connectivity index (χ0) is 16.8. The van der Waals surface area contributed by atoms with Crippen LogP contribution in [0, 0.1) is 12.7 Å². The fraction of sp³-hybridized carbons (Fsp3) is 0.176. The third-order valence-electron chi connectivity index (χ3n) is 3.22. The van der Waals surface area contributed by atoms with Gasteiger partial charge < -0.3 is 10.6 Å². The third-order valence-corrected chi connectivity index (χ3v) is 3.55. The van der Waals surface area contributed by atoms with E-state index in [4.69, 9.17) is 11.6 Å². The molecule has 0 radical (unpaired) electrons. The summed E-state index contributed by atoms with van der Waals surface area (Å²) in [4.78, 5) is 23.8. The Balaban J connectivity index is 1.83. The lowest BCUT2D eigenvalue weighted by atomic mass is 10.2. The molecule has 6 heteroatoms. The van der Waals surface area contributed by atoms with Gasteiger partial charge >= 0.3 is 0 Å². The number of hydrogen-bond donors (Lipinski definition) is 2. The molecule has 0 aromatic heterocycles. The molecule has 2 amide bonds. The maximum atomic E-state index is 13.0. The molecular weight excluding hydrogens is 319 g/mol. The monoisotopic (exact) mass is 334 g/mol. The van der Waals surface area contributed by atoms with E-state index < -0.39 is 0 Å². The molecule has 0 saturated heterocycles. The van der Waals surface area contributed by atoms with E-state index in [1.54, 1.807) is 31.2 Å². The van der Waals surface area contributed by atoms with E-state index in [2.05, 4.69) is 10.6 Å². The van der Waals surface area contributed by atoms with Crippen LogP contribution < -0.4 is 10.6 Å². The van der Waals surface area contributed by atoms with Gasteiger partial charge in [0.25, 0.3) is 5.91 Å². The van der Waals surface area contributed by atoms with E-state index in [0.717, 1.165) is 0 Å². The van der Waals surface area contributed by atoms with Gasteiger partial charge in [-0.25, -0.2) is 4.39 Å². The molecule has 2 N–H and O–H groups in total. The van der Waals surface area contributed by atoms with Gasteiger partial charge in [-0.05, 0) is 42.8 Å². The molecule has 0 aliphatic carbocycles. The molecule has 23 heavy (non-hydrogen) atoms. The summed E-state index contributed by atoms with van der Waals surface area (Å²) in [5.41, 5.74) is 1.55. The lowest BCUT2D eigenvalue weighted by molar-refractivity contribution is -0.116. The van der Waals surface area contributed by atoms with Gasteiger partial charge in [0.05, 0.1) is 10.6 Å². The Hall–Kier alpha value is -2.40. The minimum Gasteiger partial charge on any atom is -0.351 e. The van der Waals surface area contributed by atoms with Crippen LogP contribution in [-0.4, -0.2) is 18.4 Å². The number of anilines is 1. The highest BCUT2D eigenvalue weighted by molar-refractivity contribution is 6.33. The molecule has 0 spiro atoms. The Bertz CT molecular complexity index is 734. The van der Waals surface area contributed by atoms with Gasteiger partial charge in [-0.1, -0.05) is 23.7 Å². The van der Waals surface area contributed by atoms with Crippen LogP contribution in [0.5, 0.6) is 0 Å². The molecule has 2 rings (SSSR count). The lowest BCUT2D eigenvalue weighted by Gasteiger charge is -2.09. The van der Waals surface area contributed by atoms with E-state index in [1.165, 1.54) is 18.2 Å². The molecule has 0 heterocycles. The molecule has 4 nitrogen and oxygen atoms in total. The SMILES string of the molecule is Cc1cc(F)ccc1NC(=O)CCNC(=O)c1ccccc1Cl. The van der Waals surface area contributed by atoms with Crippen LogP contribution in [0.15, 0.2) is 42.5 Å². The highest BCUT2D eigenvalue weighted by atomic mass is 35.5. The van der Waals surface area contributed by atoms with Crippen LogP contribution in [0.25, 0.3) is 0 Å². The quantitative estimate of drug-likeness (QED) is 0.878. The first-order valence-corrected chi connectivity index (χ1v) is 7.44. The number of benzene rings is 2. The second-order valence-electron chi connectivity index (χ2n) is 4.99. The lowest BCUT2D eigenvalue weighted by Crippen LogP contribution is -2.28. The van der Waals surface area contributed by atoms with Crippen molar-refractivity contribution in [2.24, 2.45) is 0 Å². The summed E-state index contributed by atoms with van der Waals surface area (Å²) in [5.74, 6) is -0.951. The fourth-order valence-corrected chi connectivity index (χ4v) is 2.23. The van der Waals surface area contributed by atoms with Gasteiger partial charge in [-0.15, -0.1) is 0 Å². The van der Waals surface area contributed by atoms with Crippen LogP contribution >= 0.6 is 11.6 Å². The first-order valence-electron chi connectivity index (χ1n) is 7.06. The van der Waals surface area contributed by atoms with Crippen molar-refractivity contribution in [1.29, 1.82) is 0 Å². The first-order chi connectivity index (χ1) is 11.0. The fourth-order valence-electron chi connectivity index (χ4n) is 2.01. The van der Waals surface area contributed by atoms with Crippen LogP contribution in [0.4, 0.5) is 10.1 Å². The van der Waals surface area contributed by atoms with Crippen LogP contribution in [0.3, 0.4) is 0 Å². The van der Waals surface area contributed by atoms with Crippen LogP contribution in [0.2, 0.25) is 5.02 Å².